The van der Waals surface area contributed by atoms with Crippen molar-refractivity contribution < 1.29 is 30.9 Å². The van der Waals surface area contributed by atoms with E-state index in [1.165, 1.54) is 30.3 Å². The maximum absolute atomic E-state index is 13.5. The van der Waals surface area contributed by atoms with Gasteiger partial charge in [0.05, 0.1) is 6.61 Å². The lowest BCUT2D eigenvalue weighted by Gasteiger charge is -2.12. The van der Waals surface area contributed by atoms with Gasteiger partial charge in [-0.25, -0.2) is 4.79 Å². The van der Waals surface area contributed by atoms with Gasteiger partial charge in [-0.1, -0.05) is 41.4 Å². The molecule has 0 heterocycles. The first-order valence-electron chi connectivity index (χ1n) is 8.81. The summed E-state index contributed by atoms with van der Waals surface area (Å²) in [7, 11) is -4.52. The van der Waals surface area contributed by atoms with Gasteiger partial charge in [-0.2, -0.15) is 17.2 Å². The zero-order chi connectivity index (χ0) is 22.3. The summed E-state index contributed by atoms with van der Waals surface area (Å²) >= 11 is 5.82. The fourth-order valence-corrected chi connectivity index (χ4v) is 3.43. The van der Waals surface area contributed by atoms with Crippen LogP contribution in [0.1, 0.15) is 24.5 Å². The molecule has 5 nitrogen and oxygen atoms in total. The van der Waals surface area contributed by atoms with Crippen LogP contribution in [-0.2, 0) is 23.8 Å². The molecule has 160 valence electrons. The van der Waals surface area contributed by atoms with Crippen LogP contribution in [0.15, 0.2) is 70.8 Å². The highest BCUT2D eigenvalue weighted by Crippen LogP contribution is 2.26. The van der Waals surface area contributed by atoms with Gasteiger partial charge in [-0.3, -0.25) is 0 Å². The maximum atomic E-state index is 13.5. The predicted molar refractivity (Wildman–Crippen MR) is 109 cm³/mol. The molecule has 0 bridgehead atoms. The molecule has 0 aliphatic rings. The summed E-state index contributed by atoms with van der Waals surface area (Å²) < 4.78 is 61.4. The van der Waals surface area contributed by atoms with Crippen LogP contribution in [0, 0.1) is 6.92 Å². The number of ether oxygens (including phenoxy) is 1. The van der Waals surface area contributed by atoms with Crippen LogP contribution in [0.5, 0.6) is 0 Å². The smallest absolute Gasteiger partial charge is 0.339 e. The van der Waals surface area contributed by atoms with Crippen LogP contribution in [0.2, 0.25) is 5.02 Å². The molecule has 0 amide bonds. The van der Waals surface area contributed by atoms with E-state index in [0.29, 0.717) is 10.6 Å². The lowest BCUT2D eigenvalue weighted by molar-refractivity contribution is -0.138. The van der Waals surface area contributed by atoms with Gasteiger partial charge < -0.3 is 8.92 Å². The van der Waals surface area contributed by atoms with E-state index in [0.717, 1.165) is 5.56 Å². The number of hydrogen-bond acceptors (Lipinski definition) is 5. The van der Waals surface area contributed by atoms with Crippen molar-refractivity contribution in [2.24, 2.45) is 0 Å². The highest BCUT2D eigenvalue weighted by molar-refractivity contribution is 7.86. The largest absolute Gasteiger partial charge is 0.463 e. The number of halogens is 3. The Hall–Kier alpha value is -2.71. The van der Waals surface area contributed by atoms with E-state index in [4.69, 9.17) is 16.3 Å². The Morgan fingerprint density at radius 1 is 1.07 bits per heavy atom. The number of benzene rings is 2. The maximum Gasteiger partial charge on any atom is 0.339 e. The molecule has 30 heavy (non-hydrogen) atoms. The quantitative estimate of drug-likeness (QED) is 0.227. The first kappa shape index (κ1) is 23.6. The van der Waals surface area contributed by atoms with Crippen molar-refractivity contribution in [2.75, 3.05) is 6.61 Å². The molecule has 9 heteroatoms. The Morgan fingerprint density at radius 3 is 2.20 bits per heavy atom. The molecule has 2 aromatic carbocycles. The van der Waals surface area contributed by atoms with Gasteiger partial charge in [-0.15, -0.1) is 0 Å². The molecule has 0 N–H and O–H groups in total. The minimum Gasteiger partial charge on any atom is -0.463 e. The van der Waals surface area contributed by atoms with Crippen LogP contribution >= 0.6 is 11.6 Å². The molecule has 0 fully saturated rings. The average Bonchev–Trinajstić information content (AvgIpc) is 2.68. The molecule has 2 rings (SSSR count). The summed E-state index contributed by atoms with van der Waals surface area (Å²) in [6.45, 7) is 3.32. The molecule has 0 saturated heterocycles. The normalized spacial score (nSPS) is 11.7. The van der Waals surface area contributed by atoms with Crippen molar-refractivity contribution in [3.8, 4) is 0 Å². The molecule has 0 aromatic heterocycles. The van der Waals surface area contributed by atoms with E-state index in [-0.39, 0.29) is 17.1 Å². The van der Waals surface area contributed by atoms with Gasteiger partial charge in [0.25, 0.3) is 0 Å². The van der Waals surface area contributed by atoms with E-state index in [1.54, 1.807) is 38.1 Å². The SMILES string of the molecule is CCOC(=O)/C(=C\c1ccc(Cl)cc1)CC(OS(=O)(=O)c1ccc(C)cc1)=C(F)F. The minimum absolute atomic E-state index is 0.0104. The number of rotatable bonds is 8. The van der Waals surface area contributed by atoms with Gasteiger partial charge in [0.15, 0.2) is 5.76 Å². The van der Waals surface area contributed by atoms with E-state index in [2.05, 4.69) is 4.18 Å². The molecule has 0 saturated carbocycles. The van der Waals surface area contributed by atoms with Gasteiger partial charge in [0, 0.05) is 17.0 Å². The third kappa shape index (κ3) is 6.67. The second-order valence-electron chi connectivity index (χ2n) is 6.15. The van der Waals surface area contributed by atoms with Gasteiger partial charge >= 0.3 is 22.2 Å². The molecule has 0 aliphatic heterocycles. The molecule has 0 radical (unpaired) electrons. The van der Waals surface area contributed by atoms with Crippen molar-refractivity contribution in [1.29, 1.82) is 0 Å². The van der Waals surface area contributed by atoms with Crippen LogP contribution in [0.3, 0.4) is 0 Å². The van der Waals surface area contributed by atoms with Crippen molar-refractivity contribution >= 4 is 33.8 Å². The third-order valence-corrected chi connectivity index (χ3v) is 5.35. The standard InChI is InChI=1S/C21H19ClF2O5S/c1-3-28-21(25)16(12-15-6-8-17(22)9-7-15)13-19(20(23)24)29-30(26,27)18-10-4-14(2)5-11-18/h4-12H,3,13H2,1-2H3/b16-12-. The lowest BCUT2D eigenvalue weighted by Crippen LogP contribution is -2.12. The second-order valence-corrected chi connectivity index (χ2v) is 8.14. The highest BCUT2D eigenvalue weighted by atomic mass is 35.5. The number of aryl methyl sites for hydroxylation is 1. The van der Waals surface area contributed by atoms with Gasteiger partial charge in [-0.05, 0) is 49.8 Å². The first-order chi connectivity index (χ1) is 14.1. The zero-order valence-electron chi connectivity index (χ0n) is 16.2. The molecule has 0 spiro atoms. The molecule has 0 aliphatic carbocycles. The van der Waals surface area contributed by atoms with E-state index >= 15 is 0 Å². The predicted octanol–water partition coefficient (Wildman–Crippen LogP) is 5.50. The first-order valence-corrected chi connectivity index (χ1v) is 10.6. The lowest BCUT2D eigenvalue weighted by atomic mass is 10.1. The van der Waals surface area contributed by atoms with Crippen molar-refractivity contribution in [3.63, 3.8) is 0 Å². The topological polar surface area (TPSA) is 69.7 Å². The number of carbonyl (C=O) groups is 1. The Balaban J connectivity index is 2.36. The summed E-state index contributed by atoms with van der Waals surface area (Å²) in [5.74, 6) is -2.04. The molecule has 2 aromatic rings. The monoisotopic (exact) mass is 456 g/mol. The minimum atomic E-state index is -4.52. The fraction of sp³-hybridized carbons (Fsp3) is 0.190. The molecular weight excluding hydrogens is 438 g/mol. The summed E-state index contributed by atoms with van der Waals surface area (Å²) in [5, 5.41) is 0.452. The third-order valence-electron chi connectivity index (χ3n) is 3.83. The van der Waals surface area contributed by atoms with E-state index in [9.17, 15) is 22.0 Å². The van der Waals surface area contributed by atoms with E-state index < -0.39 is 34.3 Å². The highest BCUT2D eigenvalue weighted by Gasteiger charge is 2.24. The summed E-state index contributed by atoms with van der Waals surface area (Å²) in [6, 6.07) is 11.8. The Labute approximate surface area is 178 Å². The number of carbonyl (C=O) groups excluding carboxylic acids is 1. The number of esters is 1. The van der Waals surface area contributed by atoms with E-state index in [1.807, 2.05) is 0 Å². The van der Waals surface area contributed by atoms with Crippen molar-refractivity contribution in [1.82, 2.24) is 0 Å². The van der Waals surface area contributed by atoms with Gasteiger partial charge in [0.2, 0.25) is 0 Å². The Kier molecular flexibility index (Phi) is 8.14. The van der Waals surface area contributed by atoms with Crippen molar-refractivity contribution in [3.05, 3.63) is 82.1 Å². The zero-order valence-corrected chi connectivity index (χ0v) is 17.8. The molecule has 0 unspecified atom stereocenters. The number of hydrogen-bond donors (Lipinski definition) is 0. The van der Waals surface area contributed by atoms with Crippen LogP contribution in [0.4, 0.5) is 8.78 Å². The Morgan fingerprint density at radius 2 is 1.67 bits per heavy atom. The van der Waals surface area contributed by atoms with Crippen molar-refractivity contribution in [2.45, 2.75) is 25.2 Å². The van der Waals surface area contributed by atoms with Crippen LogP contribution < -0.4 is 0 Å². The average molecular weight is 457 g/mol. The summed E-state index contributed by atoms with van der Waals surface area (Å²) in [5.41, 5.74) is 1.07. The van der Waals surface area contributed by atoms with Crippen LogP contribution in [-0.4, -0.2) is 21.0 Å². The molecular formula is C21H19ClF2O5S. The molecule has 0 atom stereocenters. The summed E-state index contributed by atoms with van der Waals surface area (Å²) in [4.78, 5) is 12.0. The van der Waals surface area contributed by atoms with Gasteiger partial charge in [0.1, 0.15) is 4.90 Å². The fourth-order valence-electron chi connectivity index (χ4n) is 2.35. The van der Waals surface area contributed by atoms with Crippen LogP contribution in [0.25, 0.3) is 6.08 Å². The number of allylic oxidation sites excluding steroid dienone is 1. The Bertz CT molecular complexity index is 1060. The summed E-state index contributed by atoms with van der Waals surface area (Å²) in [6.07, 6.45) is -1.84. The second kappa shape index (κ2) is 10.4.